The van der Waals surface area contributed by atoms with E-state index in [1.807, 2.05) is 13.8 Å². The van der Waals surface area contributed by atoms with Crippen LogP contribution in [0.2, 0.25) is 0 Å². The molecule has 0 bridgehead atoms. The smallest absolute Gasteiger partial charge is 0.226 e. The molecule has 1 heterocycles. The molecule has 0 unspecified atom stereocenters. The van der Waals surface area contributed by atoms with Gasteiger partial charge in [-0.25, -0.2) is 0 Å². The molecule has 1 fully saturated rings. The molecule has 1 rings (SSSR count). The fourth-order valence-electron chi connectivity index (χ4n) is 0.875. The highest BCUT2D eigenvalue weighted by atomic mass is 35.5. The van der Waals surface area contributed by atoms with Gasteiger partial charge in [0, 0.05) is 5.92 Å². The second-order valence-electron chi connectivity index (χ2n) is 2.92. The summed E-state index contributed by atoms with van der Waals surface area (Å²) in [5.41, 5.74) is 0. The van der Waals surface area contributed by atoms with E-state index < -0.39 is 5.06 Å². The molecule has 0 radical (unpaired) electrons. The van der Waals surface area contributed by atoms with E-state index in [1.54, 1.807) is 6.92 Å². The van der Waals surface area contributed by atoms with Crippen molar-refractivity contribution < 1.29 is 9.53 Å². The highest BCUT2D eigenvalue weighted by molar-refractivity contribution is 6.36. The maximum Gasteiger partial charge on any atom is 0.226 e. The van der Waals surface area contributed by atoms with E-state index in [9.17, 15) is 4.79 Å². The van der Waals surface area contributed by atoms with E-state index in [4.69, 9.17) is 16.3 Å². The lowest BCUT2D eigenvalue weighted by Gasteiger charge is -2.04. The normalized spacial score (nSPS) is 38.3. The first-order valence-electron chi connectivity index (χ1n) is 3.39. The molecule has 0 aromatic heterocycles. The molecule has 1 aliphatic rings. The topological polar surface area (TPSA) is 29.6 Å². The van der Waals surface area contributed by atoms with Crippen LogP contribution in [0.15, 0.2) is 0 Å². The molecule has 0 amide bonds. The lowest BCUT2D eigenvalue weighted by atomic mass is 10.0. The zero-order chi connectivity index (χ0) is 7.94. The minimum absolute atomic E-state index is 0.0123. The Balaban J connectivity index is 2.59. The zero-order valence-electron chi connectivity index (χ0n) is 6.35. The third kappa shape index (κ3) is 1.06. The van der Waals surface area contributed by atoms with Gasteiger partial charge in [0.2, 0.25) is 5.06 Å². The number of hydrogen-bond acceptors (Lipinski definition) is 2. The third-order valence-electron chi connectivity index (χ3n) is 1.67. The molecule has 0 saturated carbocycles. The van der Waals surface area contributed by atoms with Crippen LogP contribution in [-0.4, -0.2) is 16.9 Å². The first-order valence-corrected chi connectivity index (χ1v) is 3.77. The van der Waals surface area contributed by atoms with Crippen LogP contribution in [0.4, 0.5) is 0 Å². The van der Waals surface area contributed by atoms with Crippen LogP contribution < -0.4 is 0 Å². The fourth-order valence-corrected chi connectivity index (χ4v) is 1.23. The van der Waals surface area contributed by atoms with Crippen molar-refractivity contribution in [3.63, 3.8) is 0 Å². The number of Topliss-reactive ketones (excluding diaryl/α,β-unsaturated/α-hetero) is 1. The summed E-state index contributed by atoms with van der Waals surface area (Å²) in [4.78, 5) is 11.2. The van der Waals surface area contributed by atoms with Crippen molar-refractivity contribution in [1.29, 1.82) is 0 Å². The Morgan fingerprint density at radius 2 is 2.10 bits per heavy atom. The van der Waals surface area contributed by atoms with Crippen molar-refractivity contribution in [3.8, 4) is 0 Å². The second-order valence-corrected chi connectivity index (χ2v) is 3.49. The third-order valence-corrected chi connectivity index (χ3v) is 2.26. The summed E-state index contributed by atoms with van der Waals surface area (Å²) in [6.45, 7) is 5.44. The SMILES string of the molecule is CC(C)C(=O)[C@]1(Cl)O[C@H]1C. The fraction of sp³-hybridized carbons (Fsp3) is 0.857. The van der Waals surface area contributed by atoms with Gasteiger partial charge in [-0.3, -0.25) is 4.79 Å². The Morgan fingerprint density at radius 1 is 1.70 bits per heavy atom. The van der Waals surface area contributed by atoms with Crippen molar-refractivity contribution in [2.45, 2.75) is 31.9 Å². The van der Waals surface area contributed by atoms with Gasteiger partial charge in [-0.1, -0.05) is 25.4 Å². The second kappa shape index (κ2) is 2.21. The number of alkyl halides is 1. The number of rotatable bonds is 2. The molecule has 1 aliphatic heterocycles. The Bertz CT molecular complexity index is 167. The maximum atomic E-state index is 11.2. The van der Waals surface area contributed by atoms with Crippen molar-refractivity contribution in [3.05, 3.63) is 0 Å². The maximum absolute atomic E-state index is 11.2. The predicted molar refractivity (Wildman–Crippen MR) is 39.0 cm³/mol. The van der Waals surface area contributed by atoms with E-state index in [-0.39, 0.29) is 17.8 Å². The van der Waals surface area contributed by atoms with Crippen LogP contribution in [0.1, 0.15) is 20.8 Å². The van der Waals surface area contributed by atoms with Gasteiger partial charge < -0.3 is 4.74 Å². The summed E-state index contributed by atoms with van der Waals surface area (Å²) >= 11 is 5.77. The minimum Gasteiger partial charge on any atom is -0.343 e. The Morgan fingerprint density at radius 3 is 2.20 bits per heavy atom. The molecule has 2 atom stereocenters. The molecular weight excluding hydrogens is 152 g/mol. The van der Waals surface area contributed by atoms with Crippen molar-refractivity contribution in [1.82, 2.24) is 0 Å². The molecular formula is C7H11ClO2. The van der Waals surface area contributed by atoms with Crippen molar-refractivity contribution in [2.24, 2.45) is 5.92 Å². The summed E-state index contributed by atoms with van der Waals surface area (Å²) in [7, 11) is 0. The highest BCUT2D eigenvalue weighted by Gasteiger charge is 2.58. The Hall–Kier alpha value is -0.0800. The van der Waals surface area contributed by atoms with Crippen LogP contribution in [-0.2, 0) is 9.53 Å². The van der Waals surface area contributed by atoms with Gasteiger partial charge >= 0.3 is 0 Å². The van der Waals surface area contributed by atoms with Crippen LogP contribution in [0.3, 0.4) is 0 Å². The number of halogens is 1. The summed E-state index contributed by atoms with van der Waals surface area (Å²) in [5.74, 6) is -0.0517. The molecule has 10 heavy (non-hydrogen) atoms. The summed E-state index contributed by atoms with van der Waals surface area (Å²) in [5, 5.41) is -0.978. The van der Waals surface area contributed by atoms with E-state index in [0.717, 1.165) is 0 Å². The highest BCUT2D eigenvalue weighted by Crippen LogP contribution is 2.42. The Labute approximate surface area is 65.5 Å². The first kappa shape index (κ1) is 8.02. The van der Waals surface area contributed by atoms with Gasteiger partial charge in [0.25, 0.3) is 0 Å². The molecule has 0 aromatic carbocycles. The number of ketones is 1. The van der Waals surface area contributed by atoms with Crippen LogP contribution >= 0.6 is 11.6 Å². The molecule has 0 aromatic rings. The number of hydrogen-bond donors (Lipinski definition) is 0. The van der Waals surface area contributed by atoms with Gasteiger partial charge in [-0.05, 0) is 6.92 Å². The lowest BCUT2D eigenvalue weighted by Crippen LogP contribution is -2.24. The van der Waals surface area contributed by atoms with E-state index >= 15 is 0 Å². The van der Waals surface area contributed by atoms with Crippen LogP contribution in [0.25, 0.3) is 0 Å². The van der Waals surface area contributed by atoms with Crippen molar-refractivity contribution in [2.75, 3.05) is 0 Å². The molecule has 2 nitrogen and oxygen atoms in total. The monoisotopic (exact) mass is 162 g/mol. The number of epoxide rings is 1. The average molecular weight is 163 g/mol. The molecule has 0 N–H and O–H groups in total. The van der Waals surface area contributed by atoms with Gasteiger partial charge in [-0.2, -0.15) is 0 Å². The van der Waals surface area contributed by atoms with Gasteiger partial charge in [-0.15, -0.1) is 0 Å². The largest absolute Gasteiger partial charge is 0.343 e. The van der Waals surface area contributed by atoms with Gasteiger partial charge in [0.15, 0.2) is 5.78 Å². The number of carbonyl (C=O) groups is 1. The Kier molecular flexibility index (Phi) is 1.77. The minimum atomic E-state index is -0.978. The van der Waals surface area contributed by atoms with E-state index in [0.29, 0.717) is 0 Å². The molecule has 3 heteroatoms. The van der Waals surface area contributed by atoms with Crippen LogP contribution in [0.5, 0.6) is 0 Å². The molecule has 1 saturated heterocycles. The summed E-state index contributed by atoms with van der Waals surface area (Å²) in [6, 6.07) is 0. The molecule has 58 valence electrons. The van der Waals surface area contributed by atoms with Gasteiger partial charge in [0.1, 0.15) is 6.10 Å². The lowest BCUT2D eigenvalue weighted by molar-refractivity contribution is -0.124. The summed E-state index contributed by atoms with van der Waals surface area (Å²) < 4.78 is 4.94. The van der Waals surface area contributed by atoms with E-state index in [2.05, 4.69) is 0 Å². The molecule has 0 aliphatic carbocycles. The van der Waals surface area contributed by atoms with Crippen LogP contribution in [0, 0.1) is 5.92 Å². The van der Waals surface area contributed by atoms with Crippen molar-refractivity contribution >= 4 is 17.4 Å². The quantitative estimate of drug-likeness (QED) is 0.456. The number of carbonyl (C=O) groups excluding carboxylic acids is 1. The molecule has 0 spiro atoms. The number of ether oxygens (including phenoxy) is 1. The standard InChI is InChI=1S/C7H11ClO2/c1-4(2)6(9)7(8)5(3)10-7/h4-5H,1-3H3/t5-,7+/m0/s1. The first-order chi connectivity index (χ1) is 4.48. The van der Waals surface area contributed by atoms with E-state index in [1.165, 1.54) is 0 Å². The zero-order valence-corrected chi connectivity index (χ0v) is 7.11. The summed E-state index contributed by atoms with van der Waals surface area (Å²) in [6.07, 6.45) is -0.107. The predicted octanol–water partition coefficient (Wildman–Crippen LogP) is 1.57. The average Bonchev–Trinajstić information content (AvgIpc) is 2.41. The van der Waals surface area contributed by atoms with Gasteiger partial charge in [0.05, 0.1) is 0 Å².